The molecule has 280 valence electrons. The van der Waals surface area contributed by atoms with Gasteiger partial charge in [-0.05, 0) is 98.1 Å². The lowest BCUT2D eigenvalue weighted by Crippen LogP contribution is -2.34. The molecule has 0 saturated carbocycles. The van der Waals surface area contributed by atoms with Crippen LogP contribution in [0.15, 0.2) is 207 Å². The Morgan fingerprint density at radius 3 is 1.82 bits per heavy atom. The van der Waals surface area contributed by atoms with Gasteiger partial charge in [-0.1, -0.05) is 140 Å². The van der Waals surface area contributed by atoms with Crippen molar-refractivity contribution in [2.24, 2.45) is 0 Å². The van der Waals surface area contributed by atoms with Crippen molar-refractivity contribution in [1.82, 2.24) is 19.1 Å². The van der Waals surface area contributed by atoms with E-state index in [1.165, 1.54) is 61.0 Å². The molecule has 2 aliphatic rings. The number of hydrogen-bond acceptors (Lipinski definition) is 3. The maximum absolute atomic E-state index is 6.91. The Kier molecular flexibility index (Phi) is 6.87. The van der Waals surface area contributed by atoms with Gasteiger partial charge < -0.3 is 4.74 Å². The van der Waals surface area contributed by atoms with E-state index in [0.29, 0.717) is 0 Å². The van der Waals surface area contributed by atoms with Crippen LogP contribution in [0.2, 0.25) is 0 Å². The molecule has 4 heterocycles. The third-order valence-electron chi connectivity index (χ3n) is 12.7. The van der Waals surface area contributed by atoms with Gasteiger partial charge in [0.15, 0.2) is 0 Å². The molecule has 60 heavy (non-hydrogen) atoms. The molecule has 0 amide bonds. The summed E-state index contributed by atoms with van der Waals surface area (Å²) in [6, 6.07) is 69.5. The van der Waals surface area contributed by atoms with Gasteiger partial charge in [-0.25, -0.2) is 9.97 Å². The largest absolute Gasteiger partial charge is 0.457 e. The Balaban J connectivity index is 1.08. The second-order valence-corrected chi connectivity index (χ2v) is 15.7. The number of fused-ring (bicyclic) bond motifs is 12. The van der Waals surface area contributed by atoms with Crippen LogP contribution in [0.4, 0.5) is 0 Å². The van der Waals surface area contributed by atoms with E-state index in [9.17, 15) is 0 Å². The predicted molar refractivity (Wildman–Crippen MR) is 241 cm³/mol. The summed E-state index contributed by atoms with van der Waals surface area (Å²) in [5, 5.41) is 2.32. The van der Waals surface area contributed by atoms with Crippen molar-refractivity contribution in [3.8, 4) is 56.4 Å². The maximum Gasteiger partial charge on any atom is 0.137 e. The van der Waals surface area contributed by atoms with Crippen LogP contribution in [0.3, 0.4) is 0 Å². The second-order valence-electron chi connectivity index (χ2n) is 15.7. The van der Waals surface area contributed by atoms with Crippen molar-refractivity contribution in [2.75, 3.05) is 0 Å². The number of ether oxygens (including phenoxy) is 1. The van der Waals surface area contributed by atoms with Gasteiger partial charge >= 0.3 is 0 Å². The molecular weight excluding hydrogens is 733 g/mol. The van der Waals surface area contributed by atoms with E-state index >= 15 is 0 Å². The van der Waals surface area contributed by atoms with Crippen molar-refractivity contribution in [3.63, 3.8) is 0 Å². The molecule has 0 unspecified atom stereocenters. The number of pyridine rings is 1. The number of rotatable bonds is 5. The molecule has 8 aromatic carbocycles. The summed E-state index contributed by atoms with van der Waals surface area (Å²) in [7, 11) is 0. The molecule has 0 N–H and O–H groups in total. The lowest BCUT2D eigenvalue weighted by Gasteiger charge is -2.41. The van der Waals surface area contributed by atoms with Crippen molar-refractivity contribution in [2.45, 2.75) is 5.41 Å². The molecule has 0 atom stereocenters. The SMILES string of the molecule is c1ccc(-c2cccc3c2C2(c4ccc(Oc5ccc6c7ccccc7n(-c7ccccn7)c6c5)cc4-n4cnc5cccc2c54)c2c(-c4ccccc4)cccc2-3)cc1. The molecule has 5 nitrogen and oxygen atoms in total. The quantitative estimate of drug-likeness (QED) is 0.175. The number of nitrogens with zero attached hydrogens (tertiary/aromatic N) is 4. The van der Waals surface area contributed by atoms with Crippen LogP contribution in [0.25, 0.3) is 77.7 Å². The fraction of sp³-hybridized carbons (Fsp3) is 0.0182. The Hall–Kier alpha value is -8.02. The van der Waals surface area contributed by atoms with Crippen LogP contribution < -0.4 is 4.74 Å². The summed E-state index contributed by atoms with van der Waals surface area (Å²) >= 11 is 0. The Labute approximate surface area is 346 Å². The van der Waals surface area contributed by atoms with E-state index in [1.54, 1.807) is 0 Å². The van der Waals surface area contributed by atoms with E-state index in [0.717, 1.165) is 50.5 Å². The van der Waals surface area contributed by atoms with E-state index in [4.69, 9.17) is 14.7 Å². The molecule has 0 bridgehead atoms. The highest BCUT2D eigenvalue weighted by molar-refractivity contribution is 6.09. The minimum absolute atomic E-state index is 0.685. The van der Waals surface area contributed by atoms with Crippen LogP contribution in [-0.4, -0.2) is 19.1 Å². The number of aromatic nitrogens is 4. The molecule has 0 fully saturated rings. The first-order valence-corrected chi connectivity index (χ1v) is 20.4. The monoisotopic (exact) mass is 766 g/mol. The summed E-state index contributed by atoms with van der Waals surface area (Å²) < 4.78 is 11.4. The molecule has 13 rings (SSSR count). The highest BCUT2D eigenvalue weighted by Gasteiger charge is 2.53. The van der Waals surface area contributed by atoms with Gasteiger partial charge in [-0.3, -0.25) is 9.13 Å². The molecule has 5 heteroatoms. The minimum atomic E-state index is -0.685. The number of imidazole rings is 1. The number of para-hydroxylation sites is 2. The van der Waals surface area contributed by atoms with Crippen LogP contribution in [0.5, 0.6) is 11.5 Å². The fourth-order valence-electron chi connectivity index (χ4n) is 10.4. The molecular formula is C55H34N4O. The average Bonchev–Trinajstić information content (AvgIpc) is 3.99. The van der Waals surface area contributed by atoms with Crippen molar-refractivity contribution in [3.05, 3.63) is 229 Å². The molecule has 1 aliphatic carbocycles. The third-order valence-corrected chi connectivity index (χ3v) is 12.7. The highest BCUT2D eigenvalue weighted by Crippen LogP contribution is 2.64. The minimum Gasteiger partial charge on any atom is -0.457 e. The van der Waals surface area contributed by atoms with E-state index in [-0.39, 0.29) is 0 Å². The summed E-state index contributed by atoms with van der Waals surface area (Å²) in [5.74, 6) is 2.36. The zero-order chi connectivity index (χ0) is 39.4. The Morgan fingerprint density at radius 2 is 1.08 bits per heavy atom. The van der Waals surface area contributed by atoms with Gasteiger partial charge in [0.05, 0.1) is 33.2 Å². The van der Waals surface area contributed by atoms with Crippen LogP contribution >= 0.6 is 0 Å². The summed E-state index contributed by atoms with van der Waals surface area (Å²) in [6.07, 6.45) is 3.82. The zero-order valence-corrected chi connectivity index (χ0v) is 32.3. The zero-order valence-electron chi connectivity index (χ0n) is 32.3. The lowest BCUT2D eigenvalue weighted by molar-refractivity contribution is 0.482. The van der Waals surface area contributed by atoms with Crippen molar-refractivity contribution < 1.29 is 4.74 Å². The van der Waals surface area contributed by atoms with Gasteiger partial charge in [0, 0.05) is 29.1 Å². The summed E-state index contributed by atoms with van der Waals surface area (Å²) in [4.78, 5) is 9.78. The first-order valence-electron chi connectivity index (χ1n) is 20.4. The van der Waals surface area contributed by atoms with E-state index in [2.05, 4.69) is 185 Å². The van der Waals surface area contributed by atoms with Gasteiger partial charge in [0.1, 0.15) is 23.6 Å². The first kappa shape index (κ1) is 33.0. The predicted octanol–water partition coefficient (Wildman–Crippen LogP) is 13.3. The molecule has 11 aromatic rings. The first-order chi connectivity index (χ1) is 29.8. The van der Waals surface area contributed by atoms with Crippen molar-refractivity contribution in [1.29, 1.82) is 0 Å². The smallest absolute Gasteiger partial charge is 0.137 e. The van der Waals surface area contributed by atoms with Crippen LogP contribution in [0, 0.1) is 0 Å². The molecule has 1 aliphatic heterocycles. The Morgan fingerprint density at radius 1 is 0.450 bits per heavy atom. The molecule has 1 spiro atoms. The van der Waals surface area contributed by atoms with Gasteiger partial charge in [0.2, 0.25) is 0 Å². The summed E-state index contributed by atoms with van der Waals surface area (Å²) in [5.41, 5.74) is 16.9. The average molecular weight is 767 g/mol. The standard InChI is InChI=1S/C55H34N4O/c1-3-14-35(15-4-1)39-19-11-21-43-44-22-12-20-40(36-16-5-2-6-17-36)53(44)55(52(39)43)45-30-28-38(33-50(45)58-34-57-47-24-13-23-46(55)54(47)58)60-37-27-29-42-41-18-7-8-25-48(41)59(49(42)32-37)51-26-9-10-31-56-51/h1-34H. The topological polar surface area (TPSA) is 44.9 Å². The van der Waals surface area contributed by atoms with E-state index < -0.39 is 5.41 Å². The molecule has 0 radical (unpaired) electrons. The van der Waals surface area contributed by atoms with Crippen LogP contribution in [-0.2, 0) is 5.41 Å². The Bertz CT molecular complexity index is 3420. The van der Waals surface area contributed by atoms with E-state index in [1.807, 2.05) is 30.7 Å². The maximum atomic E-state index is 6.91. The van der Waals surface area contributed by atoms with Gasteiger partial charge in [-0.2, -0.15) is 0 Å². The highest BCUT2D eigenvalue weighted by atomic mass is 16.5. The second kappa shape index (κ2) is 12.5. The fourth-order valence-corrected chi connectivity index (χ4v) is 10.4. The lowest BCUT2D eigenvalue weighted by atomic mass is 9.63. The third kappa shape index (κ3) is 4.46. The number of benzene rings is 8. The molecule has 3 aromatic heterocycles. The normalized spacial score (nSPS) is 13.1. The summed E-state index contributed by atoms with van der Waals surface area (Å²) in [6.45, 7) is 0. The van der Waals surface area contributed by atoms with Gasteiger partial charge in [-0.15, -0.1) is 0 Å². The number of hydrogen-bond donors (Lipinski definition) is 0. The van der Waals surface area contributed by atoms with Gasteiger partial charge in [0.25, 0.3) is 0 Å². The molecule has 0 saturated heterocycles. The van der Waals surface area contributed by atoms with Crippen molar-refractivity contribution >= 4 is 32.8 Å². The van der Waals surface area contributed by atoms with Crippen LogP contribution in [0.1, 0.15) is 22.3 Å².